The average Bonchev–Trinajstić information content (AvgIpc) is 2.70. The maximum Gasteiger partial charge on any atom is 0.329 e. The molecule has 2 N–H and O–H groups in total. The highest BCUT2D eigenvalue weighted by Crippen LogP contribution is 2.10. The molecule has 0 aromatic heterocycles. The van der Waals surface area contributed by atoms with Crippen molar-refractivity contribution in [2.45, 2.75) is 19.4 Å². The maximum absolute atomic E-state index is 9.12. The van der Waals surface area contributed by atoms with Gasteiger partial charge >= 0.3 is 5.97 Å². The molecule has 0 bridgehead atoms. The van der Waals surface area contributed by atoms with Gasteiger partial charge in [-0.15, -0.1) is 0 Å². The summed E-state index contributed by atoms with van der Waals surface area (Å²) in [6.07, 6.45) is 1.83. The first-order valence-corrected chi connectivity index (χ1v) is 3.15. The van der Waals surface area contributed by atoms with Gasteiger partial charge in [-0.1, -0.05) is 6.92 Å². The summed E-state index contributed by atoms with van der Waals surface area (Å²) in [4.78, 5) is 9.12. The van der Waals surface area contributed by atoms with Crippen molar-refractivity contribution in [3.63, 3.8) is 0 Å². The van der Waals surface area contributed by atoms with Crippen LogP contribution in [0, 0.1) is 0 Å². The van der Waals surface area contributed by atoms with E-state index in [1.165, 1.54) is 6.42 Å². The van der Waals surface area contributed by atoms with Crippen molar-refractivity contribution in [1.29, 1.82) is 0 Å². The zero-order valence-electron chi connectivity index (χ0n) is 5.91. The monoisotopic (exact) mass is 148 g/mol. The minimum Gasteiger partial charge on any atom is -0.480 e. The zero-order valence-corrected chi connectivity index (χ0v) is 5.91. The number of hydrogen-bond donors (Lipinski definition) is 2. The van der Waals surface area contributed by atoms with Gasteiger partial charge in [0.05, 0.1) is 12.7 Å². The number of aliphatic carboxylic acids is 1. The molecule has 0 aromatic rings. The molecular formula is C6H12O4. The predicted molar refractivity (Wildman–Crippen MR) is 34.8 cm³/mol. The van der Waals surface area contributed by atoms with E-state index in [9.17, 15) is 0 Å². The summed E-state index contributed by atoms with van der Waals surface area (Å²) >= 11 is 0. The second-order valence-electron chi connectivity index (χ2n) is 1.92. The molecule has 4 heteroatoms. The Balaban J connectivity index is 0.000000162. The molecule has 1 atom stereocenters. The first-order chi connectivity index (χ1) is 4.70. The number of epoxide rings is 1. The fourth-order valence-corrected chi connectivity index (χ4v) is 0.304. The van der Waals surface area contributed by atoms with Crippen molar-refractivity contribution < 1.29 is 19.7 Å². The molecule has 0 aromatic carbocycles. The summed E-state index contributed by atoms with van der Waals surface area (Å²) in [5.74, 6) is -1.19. The minimum absolute atomic E-state index is 0.634. The molecule has 0 saturated carbocycles. The third kappa shape index (κ3) is 7.39. The van der Waals surface area contributed by atoms with Crippen LogP contribution in [0.25, 0.3) is 0 Å². The normalized spacial score (nSPS) is 20.8. The number of aliphatic hydroxyl groups excluding tert-OH is 1. The Morgan fingerprint density at radius 2 is 2.20 bits per heavy atom. The Hall–Kier alpha value is -0.610. The summed E-state index contributed by atoms with van der Waals surface area (Å²) in [5.41, 5.74) is 0. The van der Waals surface area contributed by atoms with Crippen molar-refractivity contribution in [1.82, 2.24) is 0 Å². The average molecular weight is 148 g/mol. The first-order valence-electron chi connectivity index (χ1n) is 3.15. The fourth-order valence-electron chi connectivity index (χ4n) is 0.304. The molecule has 1 unspecified atom stereocenters. The minimum atomic E-state index is -1.19. The van der Waals surface area contributed by atoms with Gasteiger partial charge in [-0.25, -0.2) is 4.79 Å². The van der Waals surface area contributed by atoms with Gasteiger partial charge in [-0.3, -0.25) is 0 Å². The second-order valence-corrected chi connectivity index (χ2v) is 1.92. The molecule has 1 rings (SSSR count). The van der Waals surface area contributed by atoms with E-state index in [2.05, 4.69) is 6.92 Å². The van der Waals surface area contributed by atoms with E-state index >= 15 is 0 Å². The van der Waals surface area contributed by atoms with Gasteiger partial charge in [-0.2, -0.15) is 0 Å². The van der Waals surface area contributed by atoms with E-state index in [1.54, 1.807) is 0 Å². The third-order valence-electron chi connectivity index (χ3n) is 0.993. The Kier molecular flexibility index (Phi) is 4.88. The van der Waals surface area contributed by atoms with Crippen LogP contribution in [0.4, 0.5) is 0 Å². The molecule has 0 radical (unpaired) electrons. The number of aliphatic hydroxyl groups is 1. The highest BCUT2D eigenvalue weighted by molar-refractivity contribution is 5.67. The molecule has 1 aliphatic rings. The topological polar surface area (TPSA) is 70.1 Å². The van der Waals surface area contributed by atoms with E-state index in [-0.39, 0.29) is 0 Å². The molecular weight excluding hydrogens is 136 g/mol. The molecule has 0 amide bonds. The number of carboxylic acids is 1. The fraction of sp³-hybridized carbons (Fsp3) is 0.833. The summed E-state index contributed by atoms with van der Waals surface area (Å²) in [6.45, 7) is 2.37. The third-order valence-corrected chi connectivity index (χ3v) is 0.993. The van der Waals surface area contributed by atoms with Gasteiger partial charge in [0.2, 0.25) is 0 Å². The standard InChI is InChI=1S/C4H8O.C2H4O3/c1-2-4-3-5-4;3-1-2(4)5/h4H,2-3H2,1H3;3H,1H2,(H,4,5). The van der Waals surface area contributed by atoms with Crippen molar-refractivity contribution in [2.75, 3.05) is 13.2 Å². The lowest BCUT2D eigenvalue weighted by atomic mass is 10.4. The van der Waals surface area contributed by atoms with Gasteiger partial charge in [-0.05, 0) is 6.42 Å². The number of carboxylic acid groups (broad SMARTS) is 1. The van der Waals surface area contributed by atoms with E-state index < -0.39 is 12.6 Å². The van der Waals surface area contributed by atoms with Crippen molar-refractivity contribution in [2.24, 2.45) is 0 Å². The summed E-state index contributed by atoms with van der Waals surface area (Å²) in [6, 6.07) is 0. The number of rotatable bonds is 2. The van der Waals surface area contributed by atoms with Crippen LogP contribution < -0.4 is 0 Å². The Labute approximate surface area is 59.4 Å². The Morgan fingerprint density at radius 3 is 2.20 bits per heavy atom. The van der Waals surface area contributed by atoms with Crippen LogP contribution in [0.15, 0.2) is 0 Å². The zero-order chi connectivity index (χ0) is 7.98. The molecule has 0 spiro atoms. The quantitative estimate of drug-likeness (QED) is 0.535. The molecule has 1 saturated heterocycles. The van der Waals surface area contributed by atoms with Crippen LogP contribution >= 0.6 is 0 Å². The molecule has 4 nitrogen and oxygen atoms in total. The smallest absolute Gasteiger partial charge is 0.329 e. The molecule has 1 heterocycles. The summed E-state index contributed by atoms with van der Waals surface area (Å²) in [7, 11) is 0. The van der Waals surface area contributed by atoms with Crippen LogP contribution in [0.1, 0.15) is 13.3 Å². The van der Waals surface area contributed by atoms with Crippen molar-refractivity contribution in [3.8, 4) is 0 Å². The van der Waals surface area contributed by atoms with Crippen molar-refractivity contribution >= 4 is 5.97 Å². The summed E-state index contributed by atoms with van der Waals surface area (Å²) < 4.78 is 4.86. The molecule has 1 aliphatic heterocycles. The first kappa shape index (κ1) is 9.39. The second kappa shape index (κ2) is 5.20. The van der Waals surface area contributed by atoms with Crippen LogP contribution in [-0.4, -0.2) is 35.5 Å². The van der Waals surface area contributed by atoms with Crippen LogP contribution in [0.5, 0.6) is 0 Å². The van der Waals surface area contributed by atoms with Crippen LogP contribution in [0.3, 0.4) is 0 Å². The number of ether oxygens (including phenoxy) is 1. The van der Waals surface area contributed by atoms with Gasteiger partial charge in [0.25, 0.3) is 0 Å². The van der Waals surface area contributed by atoms with Crippen LogP contribution in [-0.2, 0) is 9.53 Å². The van der Waals surface area contributed by atoms with E-state index in [4.69, 9.17) is 19.7 Å². The Bertz CT molecular complexity index is 97.9. The number of hydrogen-bond acceptors (Lipinski definition) is 3. The number of carbonyl (C=O) groups is 1. The van der Waals surface area contributed by atoms with Gasteiger partial charge < -0.3 is 14.9 Å². The van der Waals surface area contributed by atoms with Gasteiger partial charge in [0.1, 0.15) is 6.61 Å². The van der Waals surface area contributed by atoms with Crippen molar-refractivity contribution in [3.05, 3.63) is 0 Å². The predicted octanol–water partition coefficient (Wildman–Crippen LogP) is -0.141. The van der Waals surface area contributed by atoms with Gasteiger partial charge in [0.15, 0.2) is 0 Å². The lowest BCUT2D eigenvalue weighted by molar-refractivity contribution is -0.140. The summed E-state index contributed by atoms with van der Waals surface area (Å²) in [5, 5.41) is 15.0. The lowest BCUT2D eigenvalue weighted by Gasteiger charge is -1.72. The molecule has 10 heavy (non-hydrogen) atoms. The largest absolute Gasteiger partial charge is 0.480 e. The van der Waals surface area contributed by atoms with Gasteiger partial charge in [0, 0.05) is 0 Å². The lowest BCUT2D eigenvalue weighted by Crippen LogP contribution is -1.98. The Morgan fingerprint density at radius 1 is 1.80 bits per heavy atom. The van der Waals surface area contributed by atoms with E-state index in [0.717, 1.165) is 6.61 Å². The van der Waals surface area contributed by atoms with E-state index in [0.29, 0.717) is 6.10 Å². The van der Waals surface area contributed by atoms with E-state index in [1.807, 2.05) is 0 Å². The molecule has 1 fully saturated rings. The highest BCUT2D eigenvalue weighted by atomic mass is 16.6. The SMILES string of the molecule is CCC1CO1.O=C(O)CO. The maximum atomic E-state index is 9.12. The molecule has 0 aliphatic carbocycles. The highest BCUT2D eigenvalue weighted by Gasteiger charge is 2.18. The molecule has 60 valence electrons. The van der Waals surface area contributed by atoms with Crippen LogP contribution in [0.2, 0.25) is 0 Å².